The van der Waals surface area contributed by atoms with Crippen LogP contribution in [0.5, 0.6) is 0 Å². The molecule has 0 radical (unpaired) electrons. The third-order valence-electron chi connectivity index (χ3n) is 4.17. The van der Waals surface area contributed by atoms with E-state index in [9.17, 15) is 14.4 Å². The van der Waals surface area contributed by atoms with E-state index in [0.29, 0.717) is 23.1 Å². The van der Waals surface area contributed by atoms with Crippen LogP contribution in [0, 0.1) is 0 Å². The van der Waals surface area contributed by atoms with E-state index in [0.717, 1.165) is 11.3 Å². The lowest BCUT2D eigenvalue weighted by Gasteiger charge is -2.23. The Morgan fingerprint density at radius 1 is 1.29 bits per heavy atom. The molecular weight excluding hydrogens is 270 g/mol. The van der Waals surface area contributed by atoms with E-state index < -0.39 is 6.10 Å². The molecule has 1 aromatic carbocycles. The number of rotatable bonds is 2. The van der Waals surface area contributed by atoms with Crippen LogP contribution in [0.3, 0.4) is 0 Å². The monoisotopic (exact) mass is 287 g/mol. The molecule has 0 N–H and O–H groups in total. The minimum Gasteiger partial charge on any atom is -0.367 e. The maximum absolute atomic E-state index is 12.4. The first-order chi connectivity index (χ1) is 9.97. The van der Waals surface area contributed by atoms with Crippen molar-refractivity contribution in [3.63, 3.8) is 0 Å². The zero-order chi connectivity index (χ0) is 15.1. The molecule has 1 aromatic rings. The molecule has 2 unspecified atom stereocenters. The number of likely N-dealkylation sites (N-methyl/N-ethyl adjacent to an activating group) is 1. The summed E-state index contributed by atoms with van der Waals surface area (Å²) in [5.41, 5.74) is 1.60. The Kier molecular flexibility index (Phi) is 3.37. The van der Waals surface area contributed by atoms with E-state index in [4.69, 9.17) is 4.74 Å². The van der Waals surface area contributed by atoms with Crippen molar-refractivity contribution in [1.82, 2.24) is 4.90 Å². The number of amides is 2. The number of ether oxygens (including phenoxy) is 1. The van der Waals surface area contributed by atoms with Crippen molar-refractivity contribution < 1.29 is 19.1 Å². The number of hydrogen-bond donors (Lipinski definition) is 0. The molecule has 2 aliphatic heterocycles. The van der Waals surface area contributed by atoms with Crippen molar-refractivity contribution in [1.29, 1.82) is 0 Å². The van der Waals surface area contributed by atoms with E-state index in [2.05, 4.69) is 0 Å². The van der Waals surface area contributed by atoms with Crippen LogP contribution in [0.25, 0.3) is 0 Å². The first-order valence-corrected chi connectivity index (χ1v) is 7.11. The lowest BCUT2D eigenvalue weighted by Crippen LogP contribution is -2.39. The number of Topliss-reactive ketones (excluding diaryl/α,β-unsaturated/α-hetero) is 1. The van der Waals surface area contributed by atoms with Crippen LogP contribution in [-0.2, 0) is 16.0 Å². The van der Waals surface area contributed by atoms with Gasteiger partial charge in [0.1, 0.15) is 6.10 Å². The van der Waals surface area contributed by atoms with Crippen molar-refractivity contribution in [2.45, 2.75) is 38.4 Å². The number of imide groups is 1. The molecule has 0 aromatic heterocycles. The average Bonchev–Trinajstić information content (AvgIpc) is 2.90. The third kappa shape index (κ3) is 2.38. The molecule has 2 aliphatic rings. The molecule has 5 nitrogen and oxygen atoms in total. The number of carbonyl (C=O) groups is 3. The second-order valence-corrected chi connectivity index (χ2v) is 5.68. The van der Waals surface area contributed by atoms with Gasteiger partial charge >= 0.3 is 0 Å². The predicted molar refractivity (Wildman–Crippen MR) is 75.1 cm³/mol. The van der Waals surface area contributed by atoms with Gasteiger partial charge in [0, 0.05) is 18.2 Å². The molecule has 21 heavy (non-hydrogen) atoms. The van der Waals surface area contributed by atoms with E-state index in [-0.39, 0.29) is 30.1 Å². The molecule has 0 spiro atoms. The van der Waals surface area contributed by atoms with Gasteiger partial charge in [-0.3, -0.25) is 19.3 Å². The highest BCUT2D eigenvalue weighted by Crippen LogP contribution is 2.25. The Hall–Kier alpha value is -2.01. The van der Waals surface area contributed by atoms with Crippen LogP contribution < -0.4 is 0 Å². The fraction of sp³-hybridized carbons (Fsp3) is 0.438. The number of nitrogens with zero attached hydrogens (tertiary/aromatic N) is 1. The van der Waals surface area contributed by atoms with Gasteiger partial charge in [0.05, 0.1) is 12.5 Å². The Labute approximate surface area is 122 Å². The maximum Gasteiger partial charge on any atom is 0.260 e. The summed E-state index contributed by atoms with van der Waals surface area (Å²) in [5.74, 6) is -0.661. The van der Waals surface area contributed by atoms with Gasteiger partial charge in [-0.05, 0) is 31.4 Å². The lowest BCUT2D eigenvalue weighted by molar-refractivity contribution is -0.127. The lowest BCUT2D eigenvalue weighted by atomic mass is 9.94. The van der Waals surface area contributed by atoms with Crippen LogP contribution in [-0.4, -0.2) is 41.8 Å². The van der Waals surface area contributed by atoms with Gasteiger partial charge in [0.25, 0.3) is 5.91 Å². The average molecular weight is 287 g/mol. The van der Waals surface area contributed by atoms with Crippen LogP contribution in [0.15, 0.2) is 18.2 Å². The minimum atomic E-state index is -0.420. The van der Waals surface area contributed by atoms with Crippen LogP contribution in [0.2, 0.25) is 0 Å². The standard InChI is InChI=1S/C16H17NO4/c1-9-3-6-13(21-9)15(19)11-5-4-10-8-14(18)17(2)16(20)12(10)7-11/h4-5,7,9,13H,3,6,8H2,1-2H3. The number of ketones is 1. The van der Waals surface area contributed by atoms with Gasteiger partial charge in [-0.1, -0.05) is 12.1 Å². The Balaban J connectivity index is 1.91. The molecule has 0 bridgehead atoms. The molecule has 2 heterocycles. The number of fused-ring (bicyclic) bond motifs is 1. The van der Waals surface area contributed by atoms with Crippen LogP contribution >= 0.6 is 0 Å². The third-order valence-corrected chi connectivity index (χ3v) is 4.17. The zero-order valence-electron chi connectivity index (χ0n) is 12.1. The van der Waals surface area contributed by atoms with Crippen molar-refractivity contribution in [3.05, 3.63) is 34.9 Å². The quantitative estimate of drug-likeness (QED) is 0.612. The second-order valence-electron chi connectivity index (χ2n) is 5.68. The Morgan fingerprint density at radius 3 is 2.71 bits per heavy atom. The number of hydrogen-bond acceptors (Lipinski definition) is 4. The highest BCUT2D eigenvalue weighted by molar-refractivity contribution is 6.11. The van der Waals surface area contributed by atoms with Crippen LogP contribution in [0.4, 0.5) is 0 Å². The van der Waals surface area contributed by atoms with E-state index in [1.54, 1.807) is 18.2 Å². The summed E-state index contributed by atoms with van der Waals surface area (Å²) >= 11 is 0. The van der Waals surface area contributed by atoms with E-state index in [1.807, 2.05) is 6.92 Å². The van der Waals surface area contributed by atoms with Crippen molar-refractivity contribution >= 4 is 17.6 Å². The molecule has 5 heteroatoms. The Bertz CT molecular complexity index is 637. The molecule has 2 amide bonds. The topological polar surface area (TPSA) is 63.7 Å². The van der Waals surface area contributed by atoms with Crippen molar-refractivity contribution in [3.8, 4) is 0 Å². The molecular formula is C16H17NO4. The maximum atomic E-state index is 12.4. The van der Waals surface area contributed by atoms with Gasteiger partial charge in [-0.25, -0.2) is 0 Å². The normalized spacial score (nSPS) is 25.1. The van der Waals surface area contributed by atoms with Crippen LogP contribution in [0.1, 0.15) is 46.0 Å². The minimum absolute atomic E-state index is 0.0884. The van der Waals surface area contributed by atoms with Crippen molar-refractivity contribution in [2.24, 2.45) is 0 Å². The number of benzene rings is 1. The van der Waals surface area contributed by atoms with Gasteiger partial charge in [0.15, 0.2) is 5.78 Å². The van der Waals surface area contributed by atoms with Gasteiger partial charge in [-0.2, -0.15) is 0 Å². The molecule has 0 saturated carbocycles. The predicted octanol–water partition coefficient (Wildman–Crippen LogP) is 1.59. The molecule has 1 fully saturated rings. The second kappa shape index (κ2) is 5.07. The van der Waals surface area contributed by atoms with Crippen molar-refractivity contribution in [2.75, 3.05) is 7.05 Å². The SMILES string of the molecule is CC1CCC(C(=O)c2ccc3c(c2)C(=O)N(C)C(=O)C3)O1. The highest BCUT2D eigenvalue weighted by atomic mass is 16.5. The zero-order valence-corrected chi connectivity index (χ0v) is 12.1. The highest BCUT2D eigenvalue weighted by Gasteiger charge is 2.32. The molecule has 3 rings (SSSR count). The summed E-state index contributed by atoms with van der Waals surface area (Å²) in [7, 11) is 1.46. The summed E-state index contributed by atoms with van der Waals surface area (Å²) in [6.45, 7) is 1.95. The summed E-state index contributed by atoms with van der Waals surface area (Å²) in [5, 5.41) is 0. The fourth-order valence-corrected chi connectivity index (χ4v) is 2.84. The molecule has 1 saturated heterocycles. The fourth-order valence-electron chi connectivity index (χ4n) is 2.84. The van der Waals surface area contributed by atoms with E-state index >= 15 is 0 Å². The number of carbonyl (C=O) groups excluding carboxylic acids is 3. The summed E-state index contributed by atoms with van der Waals surface area (Å²) in [6, 6.07) is 4.97. The van der Waals surface area contributed by atoms with Gasteiger partial charge in [0.2, 0.25) is 5.91 Å². The summed E-state index contributed by atoms with van der Waals surface area (Å²) in [6.07, 6.45) is 1.46. The molecule has 110 valence electrons. The first-order valence-electron chi connectivity index (χ1n) is 7.11. The smallest absolute Gasteiger partial charge is 0.260 e. The molecule has 2 atom stereocenters. The summed E-state index contributed by atoms with van der Waals surface area (Å²) < 4.78 is 5.59. The van der Waals surface area contributed by atoms with Gasteiger partial charge in [-0.15, -0.1) is 0 Å². The largest absolute Gasteiger partial charge is 0.367 e. The summed E-state index contributed by atoms with van der Waals surface area (Å²) in [4.78, 5) is 37.3. The molecule has 0 aliphatic carbocycles. The first kappa shape index (κ1) is 13.9. The van der Waals surface area contributed by atoms with Gasteiger partial charge < -0.3 is 4.74 Å². The van der Waals surface area contributed by atoms with E-state index in [1.165, 1.54) is 7.05 Å². The Morgan fingerprint density at radius 2 is 2.05 bits per heavy atom.